The second kappa shape index (κ2) is 7.48. The molecule has 2 aromatic heterocycles. The first-order valence-electron chi connectivity index (χ1n) is 8.93. The summed E-state index contributed by atoms with van der Waals surface area (Å²) in [5.74, 6) is 1.06. The lowest BCUT2D eigenvalue weighted by Gasteiger charge is -2.31. The summed E-state index contributed by atoms with van der Waals surface area (Å²) >= 11 is 5.89. The third-order valence-electron chi connectivity index (χ3n) is 4.73. The van der Waals surface area contributed by atoms with E-state index in [-0.39, 0.29) is 11.9 Å². The zero-order chi connectivity index (χ0) is 18.8. The normalized spacial score (nSPS) is 15.3. The molecule has 8 nitrogen and oxygen atoms in total. The molecule has 0 N–H and O–H groups in total. The number of nitrogens with zero attached hydrogens (tertiary/aromatic N) is 6. The van der Waals surface area contributed by atoms with E-state index in [1.165, 1.54) is 0 Å². The summed E-state index contributed by atoms with van der Waals surface area (Å²) in [5.41, 5.74) is 1.23. The third-order valence-corrected chi connectivity index (χ3v) is 4.98. The predicted octanol–water partition coefficient (Wildman–Crippen LogP) is 3.02. The SMILES string of the molecule is CCc1noc(-c2cn(C3CCN(C(=O)c4ccc(Cl)cc4)CC3)nn2)n1. The van der Waals surface area contributed by atoms with Crippen molar-refractivity contribution < 1.29 is 9.32 Å². The van der Waals surface area contributed by atoms with Crippen molar-refractivity contribution in [2.75, 3.05) is 13.1 Å². The predicted molar refractivity (Wildman–Crippen MR) is 98.3 cm³/mol. The minimum atomic E-state index is 0.0300. The van der Waals surface area contributed by atoms with Crippen LogP contribution in [-0.4, -0.2) is 49.0 Å². The van der Waals surface area contributed by atoms with Crippen molar-refractivity contribution >= 4 is 17.5 Å². The van der Waals surface area contributed by atoms with Gasteiger partial charge < -0.3 is 9.42 Å². The van der Waals surface area contributed by atoms with Crippen LogP contribution in [0, 0.1) is 0 Å². The fraction of sp³-hybridized carbons (Fsp3) is 0.389. The Balaban J connectivity index is 1.39. The quantitative estimate of drug-likeness (QED) is 0.684. The van der Waals surface area contributed by atoms with Crippen LogP contribution in [0.4, 0.5) is 0 Å². The molecule has 3 aromatic rings. The highest BCUT2D eigenvalue weighted by Crippen LogP contribution is 2.25. The van der Waals surface area contributed by atoms with Crippen molar-refractivity contribution in [3.63, 3.8) is 0 Å². The molecule has 4 rings (SSSR count). The lowest BCUT2D eigenvalue weighted by atomic mass is 10.0. The molecule has 1 aromatic carbocycles. The van der Waals surface area contributed by atoms with Gasteiger partial charge in [0.05, 0.1) is 12.2 Å². The highest BCUT2D eigenvalue weighted by molar-refractivity contribution is 6.30. The largest absolute Gasteiger partial charge is 0.338 e. The molecule has 1 aliphatic rings. The lowest BCUT2D eigenvalue weighted by Crippen LogP contribution is -2.39. The summed E-state index contributed by atoms with van der Waals surface area (Å²) < 4.78 is 7.04. The van der Waals surface area contributed by atoms with Gasteiger partial charge in [0.25, 0.3) is 11.8 Å². The van der Waals surface area contributed by atoms with Crippen LogP contribution in [0.2, 0.25) is 5.02 Å². The molecular weight excluding hydrogens is 368 g/mol. The summed E-state index contributed by atoms with van der Waals surface area (Å²) in [6.07, 6.45) is 4.16. The van der Waals surface area contributed by atoms with E-state index in [1.54, 1.807) is 24.3 Å². The first-order chi connectivity index (χ1) is 13.1. The summed E-state index contributed by atoms with van der Waals surface area (Å²) in [6.45, 7) is 3.30. The number of halogens is 1. The van der Waals surface area contributed by atoms with Gasteiger partial charge in [-0.1, -0.05) is 28.9 Å². The van der Waals surface area contributed by atoms with E-state index in [2.05, 4.69) is 20.5 Å². The van der Waals surface area contributed by atoms with Crippen molar-refractivity contribution in [1.29, 1.82) is 0 Å². The molecule has 27 heavy (non-hydrogen) atoms. The van der Waals surface area contributed by atoms with Gasteiger partial charge in [0.1, 0.15) is 0 Å². The number of carbonyl (C=O) groups is 1. The highest BCUT2D eigenvalue weighted by Gasteiger charge is 2.26. The second-order valence-electron chi connectivity index (χ2n) is 6.48. The van der Waals surface area contributed by atoms with Crippen molar-refractivity contribution in [2.24, 2.45) is 0 Å². The summed E-state index contributed by atoms with van der Waals surface area (Å²) in [7, 11) is 0. The number of benzene rings is 1. The van der Waals surface area contributed by atoms with E-state index < -0.39 is 0 Å². The van der Waals surface area contributed by atoms with Crippen molar-refractivity contribution in [2.45, 2.75) is 32.2 Å². The summed E-state index contributed by atoms with van der Waals surface area (Å²) in [4.78, 5) is 18.7. The maximum Gasteiger partial charge on any atom is 0.280 e. The molecule has 0 atom stereocenters. The Bertz CT molecular complexity index is 927. The van der Waals surface area contributed by atoms with Crippen molar-refractivity contribution in [3.8, 4) is 11.6 Å². The van der Waals surface area contributed by atoms with E-state index in [1.807, 2.05) is 22.7 Å². The molecule has 1 aliphatic heterocycles. The lowest BCUT2D eigenvalue weighted by molar-refractivity contribution is 0.0689. The van der Waals surface area contributed by atoms with Crippen LogP contribution in [-0.2, 0) is 6.42 Å². The van der Waals surface area contributed by atoms with Gasteiger partial charge in [-0.2, -0.15) is 4.98 Å². The van der Waals surface area contributed by atoms with E-state index >= 15 is 0 Å². The Hall–Kier alpha value is -2.74. The molecule has 0 aliphatic carbocycles. The van der Waals surface area contributed by atoms with E-state index in [4.69, 9.17) is 16.1 Å². The van der Waals surface area contributed by atoms with Gasteiger partial charge in [-0.15, -0.1) is 5.10 Å². The molecule has 3 heterocycles. The number of likely N-dealkylation sites (tertiary alicyclic amines) is 1. The first kappa shape index (κ1) is 17.7. The maximum absolute atomic E-state index is 12.6. The van der Waals surface area contributed by atoms with Crippen LogP contribution in [0.5, 0.6) is 0 Å². The average Bonchev–Trinajstić information content (AvgIpc) is 3.37. The molecular formula is C18H19ClN6O2. The zero-order valence-corrected chi connectivity index (χ0v) is 15.6. The fourth-order valence-electron chi connectivity index (χ4n) is 3.16. The van der Waals surface area contributed by atoms with Crippen LogP contribution in [0.1, 0.15) is 42.0 Å². The molecule has 0 bridgehead atoms. The molecule has 0 radical (unpaired) electrons. The number of piperidine rings is 1. The van der Waals surface area contributed by atoms with Crippen LogP contribution in [0.3, 0.4) is 0 Å². The van der Waals surface area contributed by atoms with Crippen LogP contribution in [0.25, 0.3) is 11.6 Å². The minimum Gasteiger partial charge on any atom is -0.338 e. The number of aromatic nitrogens is 5. The standard InChI is InChI=1S/C18H19ClN6O2/c1-2-16-20-17(27-22-16)15-11-25(23-21-15)14-7-9-24(10-8-14)18(26)12-3-5-13(19)6-4-12/h3-6,11,14H,2,7-10H2,1H3. The minimum absolute atomic E-state index is 0.0300. The molecule has 0 saturated carbocycles. The first-order valence-corrected chi connectivity index (χ1v) is 9.31. The molecule has 9 heteroatoms. The van der Waals surface area contributed by atoms with Gasteiger partial charge in [0.2, 0.25) is 0 Å². The number of carbonyl (C=O) groups excluding carboxylic acids is 1. The van der Waals surface area contributed by atoms with E-state index in [0.717, 1.165) is 12.8 Å². The number of amides is 1. The highest BCUT2D eigenvalue weighted by atomic mass is 35.5. The monoisotopic (exact) mass is 386 g/mol. The van der Waals surface area contributed by atoms with Crippen molar-refractivity contribution in [3.05, 3.63) is 46.9 Å². The topological polar surface area (TPSA) is 89.9 Å². The summed E-state index contributed by atoms with van der Waals surface area (Å²) in [5, 5.41) is 12.9. The average molecular weight is 387 g/mol. The second-order valence-corrected chi connectivity index (χ2v) is 6.92. The maximum atomic E-state index is 12.6. The summed E-state index contributed by atoms with van der Waals surface area (Å²) in [6, 6.07) is 7.18. The van der Waals surface area contributed by atoms with Gasteiger partial charge in [-0.3, -0.25) is 4.79 Å². The Morgan fingerprint density at radius 1 is 1.26 bits per heavy atom. The van der Waals surface area contributed by atoms with Crippen molar-refractivity contribution in [1.82, 2.24) is 30.0 Å². The van der Waals surface area contributed by atoms with Gasteiger partial charge in [-0.05, 0) is 37.1 Å². The third kappa shape index (κ3) is 3.71. The Morgan fingerprint density at radius 2 is 2.00 bits per heavy atom. The van der Waals surface area contributed by atoms with Gasteiger partial charge >= 0.3 is 0 Å². The molecule has 0 spiro atoms. The molecule has 140 valence electrons. The molecule has 0 unspecified atom stereocenters. The van der Waals surface area contributed by atoms with Crippen LogP contribution in [0.15, 0.2) is 35.0 Å². The Kier molecular flexibility index (Phi) is 4.89. The van der Waals surface area contributed by atoms with Gasteiger partial charge in [0.15, 0.2) is 11.5 Å². The van der Waals surface area contributed by atoms with Gasteiger partial charge in [0, 0.05) is 30.1 Å². The zero-order valence-electron chi connectivity index (χ0n) is 14.9. The van der Waals surface area contributed by atoms with E-state index in [0.29, 0.717) is 47.5 Å². The smallest absolute Gasteiger partial charge is 0.280 e. The Labute approximate surface area is 161 Å². The molecule has 1 amide bonds. The van der Waals surface area contributed by atoms with Gasteiger partial charge in [-0.25, -0.2) is 4.68 Å². The number of aryl methyl sites for hydroxylation is 1. The van der Waals surface area contributed by atoms with Crippen LogP contribution < -0.4 is 0 Å². The molecule has 1 saturated heterocycles. The van der Waals surface area contributed by atoms with Crippen LogP contribution >= 0.6 is 11.6 Å². The number of hydrogen-bond acceptors (Lipinski definition) is 6. The molecule has 1 fully saturated rings. The Morgan fingerprint density at radius 3 is 2.67 bits per heavy atom. The van der Waals surface area contributed by atoms with E-state index in [9.17, 15) is 4.79 Å². The fourth-order valence-corrected chi connectivity index (χ4v) is 3.29. The number of hydrogen-bond donors (Lipinski definition) is 0. The number of rotatable bonds is 4.